The van der Waals surface area contributed by atoms with E-state index in [4.69, 9.17) is 0 Å². The zero-order valence-corrected chi connectivity index (χ0v) is 13.4. The van der Waals surface area contributed by atoms with E-state index in [0.29, 0.717) is 5.92 Å². The van der Waals surface area contributed by atoms with Crippen LogP contribution in [0.15, 0.2) is 0 Å². The molecule has 1 aliphatic carbocycles. The van der Waals surface area contributed by atoms with E-state index in [1.165, 1.54) is 32.2 Å². The Bertz CT molecular complexity index is 332. The second kappa shape index (κ2) is 6.46. The number of hydrogen-bond donors (Lipinski definition) is 1. The van der Waals surface area contributed by atoms with E-state index >= 15 is 0 Å². The highest BCUT2D eigenvalue weighted by atomic mass is 16.4. The predicted octanol–water partition coefficient (Wildman–Crippen LogP) is 3.64. The lowest BCUT2D eigenvalue weighted by molar-refractivity contribution is -0.151. The lowest BCUT2D eigenvalue weighted by atomic mass is 9.74. The van der Waals surface area contributed by atoms with Gasteiger partial charge in [-0.25, -0.2) is 0 Å². The largest absolute Gasteiger partial charge is 0.481 e. The van der Waals surface area contributed by atoms with Crippen molar-refractivity contribution in [2.75, 3.05) is 19.6 Å². The van der Waals surface area contributed by atoms with Crippen molar-refractivity contribution in [3.63, 3.8) is 0 Å². The number of rotatable bonds is 4. The second-order valence-corrected chi connectivity index (χ2v) is 7.75. The molecule has 2 fully saturated rings. The van der Waals surface area contributed by atoms with Gasteiger partial charge in [-0.3, -0.25) is 4.79 Å². The van der Waals surface area contributed by atoms with Gasteiger partial charge in [-0.15, -0.1) is 0 Å². The molecular formula is C17H31NO2. The van der Waals surface area contributed by atoms with Crippen molar-refractivity contribution in [2.24, 2.45) is 23.2 Å². The highest BCUT2D eigenvalue weighted by Crippen LogP contribution is 2.35. The average Bonchev–Trinajstić information content (AvgIpc) is 2.41. The average molecular weight is 281 g/mol. The normalized spacial score (nSPS) is 33.0. The summed E-state index contributed by atoms with van der Waals surface area (Å²) < 4.78 is 0. The Kier molecular flexibility index (Phi) is 5.11. The molecule has 0 aromatic rings. The number of likely N-dealkylation sites (tertiary alicyclic amines) is 1. The van der Waals surface area contributed by atoms with Crippen LogP contribution in [0.2, 0.25) is 0 Å². The number of aliphatic carboxylic acids is 1. The van der Waals surface area contributed by atoms with Gasteiger partial charge in [0.1, 0.15) is 0 Å². The molecule has 1 atom stereocenters. The maximum atomic E-state index is 11.4. The Morgan fingerprint density at radius 3 is 2.45 bits per heavy atom. The molecule has 1 heterocycles. The Labute approximate surface area is 123 Å². The SMILES string of the molecule is CC1CCC(CN2CCCC(C(C)(C)C(=O)O)C2)CC1. The molecule has 2 aliphatic rings. The van der Waals surface area contributed by atoms with Gasteiger partial charge in [-0.1, -0.05) is 19.8 Å². The zero-order valence-electron chi connectivity index (χ0n) is 13.4. The van der Waals surface area contributed by atoms with Crippen molar-refractivity contribution in [1.82, 2.24) is 4.90 Å². The lowest BCUT2D eigenvalue weighted by Gasteiger charge is -2.41. The van der Waals surface area contributed by atoms with Gasteiger partial charge in [0, 0.05) is 13.1 Å². The van der Waals surface area contributed by atoms with Crippen LogP contribution in [0, 0.1) is 23.2 Å². The van der Waals surface area contributed by atoms with Crippen LogP contribution in [0.3, 0.4) is 0 Å². The van der Waals surface area contributed by atoms with Crippen molar-refractivity contribution >= 4 is 5.97 Å². The molecule has 20 heavy (non-hydrogen) atoms. The van der Waals surface area contributed by atoms with Gasteiger partial charge < -0.3 is 10.0 Å². The second-order valence-electron chi connectivity index (χ2n) is 7.75. The molecule has 1 saturated carbocycles. The first-order valence-corrected chi connectivity index (χ1v) is 8.35. The third-order valence-corrected chi connectivity index (χ3v) is 5.73. The summed E-state index contributed by atoms with van der Waals surface area (Å²) in [6.45, 7) is 9.49. The number of carboxylic acid groups (broad SMARTS) is 1. The van der Waals surface area contributed by atoms with E-state index in [1.807, 2.05) is 13.8 Å². The molecule has 0 bridgehead atoms. The molecule has 0 aromatic heterocycles. The number of nitrogens with zero attached hydrogens (tertiary/aromatic N) is 1. The topological polar surface area (TPSA) is 40.5 Å². The highest BCUT2D eigenvalue weighted by Gasteiger charge is 2.39. The van der Waals surface area contributed by atoms with Gasteiger partial charge in [-0.05, 0) is 63.8 Å². The van der Waals surface area contributed by atoms with Crippen molar-refractivity contribution in [3.05, 3.63) is 0 Å². The van der Waals surface area contributed by atoms with Crippen LogP contribution in [-0.2, 0) is 4.79 Å². The van der Waals surface area contributed by atoms with Crippen LogP contribution < -0.4 is 0 Å². The molecule has 2 rings (SSSR count). The van der Waals surface area contributed by atoms with Gasteiger partial charge in [0.2, 0.25) is 0 Å². The van der Waals surface area contributed by atoms with E-state index < -0.39 is 11.4 Å². The van der Waals surface area contributed by atoms with Crippen LogP contribution in [0.5, 0.6) is 0 Å². The fraction of sp³-hybridized carbons (Fsp3) is 0.941. The summed E-state index contributed by atoms with van der Waals surface area (Å²) in [6, 6.07) is 0. The van der Waals surface area contributed by atoms with Gasteiger partial charge >= 0.3 is 5.97 Å². The van der Waals surface area contributed by atoms with E-state index in [-0.39, 0.29) is 0 Å². The molecule has 3 heteroatoms. The van der Waals surface area contributed by atoms with Crippen molar-refractivity contribution < 1.29 is 9.90 Å². The van der Waals surface area contributed by atoms with E-state index in [1.54, 1.807) is 0 Å². The first-order chi connectivity index (χ1) is 9.39. The standard InChI is InChI=1S/C17H31NO2/c1-13-6-8-14(9-7-13)11-18-10-4-5-15(12-18)17(2,3)16(19)20/h13-15H,4-12H2,1-3H3,(H,19,20). The molecule has 0 aromatic carbocycles. The molecular weight excluding hydrogens is 250 g/mol. The zero-order chi connectivity index (χ0) is 14.8. The predicted molar refractivity (Wildman–Crippen MR) is 81.7 cm³/mol. The minimum absolute atomic E-state index is 0.302. The minimum Gasteiger partial charge on any atom is -0.481 e. The minimum atomic E-state index is -0.643. The van der Waals surface area contributed by atoms with Crippen LogP contribution >= 0.6 is 0 Å². The summed E-state index contributed by atoms with van der Waals surface area (Å²) >= 11 is 0. The smallest absolute Gasteiger partial charge is 0.309 e. The summed E-state index contributed by atoms with van der Waals surface area (Å²) in [5, 5.41) is 9.41. The third-order valence-electron chi connectivity index (χ3n) is 5.73. The van der Waals surface area contributed by atoms with Crippen LogP contribution in [0.1, 0.15) is 59.3 Å². The van der Waals surface area contributed by atoms with E-state index in [0.717, 1.165) is 37.8 Å². The van der Waals surface area contributed by atoms with Crippen molar-refractivity contribution in [2.45, 2.75) is 59.3 Å². The molecule has 0 amide bonds. The lowest BCUT2D eigenvalue weighted by Crippen LogP contribution is -2.46. The van der Waals surface area contributed by atoms with Crippen molar-refractivity contribution in [3.8, 4) is 0 Å². The monoisotopic (exact) mass is 281 g/mol. The van der Waals surface area contributed by atoms with Gasteiger partial charge in [0.05, 0.1) is 5.41 Å². The summed E-state index contributed by atoms with van der Waals surface area (Å²) in [4.78, 5) is 14.0. The maximum absolute atomic E-state index is 11.4. The van der Waals surface area contributed by atoms with E-state index in [9.17, 15) is 9.90 Å². The summed E-state index contributed by atoms with van der Waals surface area (Å²) in [6.07, 6.45) is 7.71. The Balaban J connectivity index is 1.86. The van der Waals surface area contributed by atoms with Crippen LogP contribution in [0.4, 0.5) is 0 Å². The summed E-state index contributed by atoms with van der Waals surface area (Å²) in [7, 11) is 0. The molecule has 116 valence electrons. The third kappa shape index (κ3) is 3.75. The number of piperidine rings is 1. The number of carbonyl (C=O) groups is 1. The molecule has 1 unspecified atom stereocenters. The Hall–Kier alpha value is -0.570. The number of hydrogen-bond acceptors (Lipinski definition) is 2. The highest BCUT2D eigenvalue weighted by molar-refractivity contribution is 5.74. The molecule has 3 nitrogen and oxygen atoms in total. The van der Waals surface area contributed by atoms with Gasteiger partial charge in [0.15, 0.2) is 0 Å². The van der Waals surface area contributed by atoms with Gasteiger partial charge in [0.25, 0.3) is 0 Å². The van der Waals surface area contributed by atoms with Gasteiger partial charge in [-0.2, -0.15) is 0 Å². The Morgan fingerprint density at radius 1 is 1.20 bits per heavy atom. The fourth-order valence-electron chi connectivity index (χ4n) is 3.86. The quantitative estimate of drug-likeness (QED) is 0.855. The molecule has 0 radical (unpaired) electrons. The van der Waals surface area contributed by atoms with E-state index in [2.05, 4.69) is 11.8 Å². The molecule has 1 saturated heterocycles. The Morgan fingerprint density at radius 2 is 1.85 bits per heavy atom. The maximum Gasteiger partial charge on any atom is 0.309 e. The van der Waals surface area contributed by atoms with Crippen LogP contribution in [0.25, 0.3) is 0 Å². The first-order valence-electron chi connectivity index (χ1n) is 8.35. The summed E-state index contributed by atoms with van der Waals surface area (Å²) in [5.41, 5.74) is -0.584. The fourth-order valence-corrected chi connectivity index (χ4v) is 3.86. The first kappa shape index (κ1) is 15.8. The number of carboxylic acids is 1. The molecule has 1 N–H and O–H groups in total. The summed E-state index contributed by atoms with van der Waals surface area (Å²) in [5.74, 6) is 1.41. The molecule has 1 aliphatic heterocycles. The molecule has 0 spiro atoms. The van der Waals surface area contributed by atoms with Crippen molar-refractivity contribution in [1.29, 1.82) is 0 Å². The van der Waals surface area contributed by atoms with Crippen LogP contribution in [-0.4, -0.2) is 35.6 Å².